The lowest BCUT2D eigenvalue weighted by Crippen LogP contribution is -2.45. The van der Waals surface area contributed by atoms with E-state index in [-0.39, 0.29) is 6.54 Å². The summed E-state index contributed by atoms with van der Waals surface area (Å²) in [4.78, 5) is 28.5. The minimum atomic E-state index is -1.52. The van der Waals surface area contributed by atoms with Crippen LogP contribution in [0.15, 0.2) is 42.7 Å². The number of anilines is 1. The molecule has 5 nitrogen and oxygen atoms in total. The molecule has 0 saturated carbocycles. The van der Waals surface area contributed by atoms with Gasteiger partial charge in [0.15, 0.2) is 0 Å². The lowest BCUT2D eigenvalue weighted by molar-refractivity contribution is -0.138. The van der Waals surface area contributed by atoms with Crippen molar-refractivity contribution < 1.29 is 18.4 Å². The van der Waals surface area contributed by atoms with E-state index in [2.05, 4.69) is 15.6 Å². The van der Waals surface area contributed by atoms with Gasteiger partial charge in [-0.15, -0.1) is 0 Å². The van der Waals surface area contributed by atoms with Gasteiger partial charge >= 0.3 is 0 Å². The molecule has 0 aliphatic heterocycles. The van der Waals surface area contributed by atoms with Gasteiger partial charge in [-0.3, -0.25) is 14.6 Å². The van der Waals surface area contributed by atoms with E-state index in [1.165, 1.54) is 19.9 Å². The second-order valence-corrected chi connectivity index (χ2v) is 5.72. The Balaban J connectivity index is 2.05. The number of aromatic nitrogens is 1. The van der Waals surface area contributed by atoms with E-state index >= 15 is 0 Å². The summed E-state index contributed by atoms with van der Waals surface area (Å²) in [5, 5.41) is 4.74. The van der Waals surface area contributed by atoms with Crippen molar-refractivity contribution in [1.82, 2.24) is 10.3 Å². The molecule has 1 aromatic carbocycles. The van der Waals surface area contributed by atoms with Gasteiger partial charge in [-0.25, -0.2) is 8.78 Å². The fourth-order valence-corrected chi connectivity index (χ4v) is 1.90. The maximum atomic E-state index is 13.6. The molecule has 0 saturated heterocycles. The standard InChI is InChI=1S/C17H17F2N3O2/c1-17(2,15(23)21-10-11-5-4-8-20-9-11)16(24)22-14-12(18)6-3-7-13(14)19/h3-9H,10H2,1-2H3,(H,21,23)(H,22,24). The molecule has 0 aliphatic carbocycles. The molecule has 0 unspecified atom stereocenters. The van der Waals surface area contributed by atoms with Crippen LogP contribution in [0.2, 0.25) is 0 Å². The third-order valence-corrected chi connectivity index (χ3v) is 3.51. The van der Waals surface area contributed by atoms with E-state index in [9.17, 15) is 18.4 Å². The van der Waals surface area contributed by atoms with Crippen molar-refractivity contribution in [1.29, 1.82) is 0 Å². The topological polar surface area (TPSA) is 71.1 Å². The summed E-state index contributed by atoms with van der Waals surface area (Å²) in [6, 6.07) is 6.73. The van der Waals surface area contributed by atoms with Crippen LogP contribution in [0, 0.1) is 17.0 Å². The average Bonchev–Trinajstić information content (AvgIpc) is 2.56. The van der Waals surface area contributed by atoms with Gasteiger partial charge in [0.2, 0.25) is 11.8 Å². The van der Waals surface area contributed by atoms with Crippen molar-refractivity contribution in [2.24, 2.45) is 5.41 Å². The van der Waals surface area contributed by atoms with Gasteiger partial charge < -0.3 is 10.6 Å². The largest absolute Gasteiger partial charge is 0.351 e. The predicted octanol–water partition coefficient (Wildman–Crippen LogP) is 2.64. The van der Waals surface area contributed by atoms with Crippen LogP contribution >= 0.6 is 0 Å². The molecule has 1 aromatic heterocycles. The SMILES string of the molecule is CC(C)(C(=O)NCc1cccnc1)C(=O)Nc1c(F)cccc1F. The van der Waals surface area contributed by atoms with Crippen molar-refractivity contribution in [3.05, 3.63) is 59.9 Å². The van der Waals surface area contributed by atoms with Gasteiger partial charge in [-0.1, -0.05) is 12.1 Å². The fourth-order valence-electron chi connectivity index (χ4n) is 1.90. The molecule has 0 radical (unpaired) electrons. The maximum absolute atomic E-state index is 13.6. The fraction of sp³-hybridized carbons (Fsp3) is 0.235. The van der Waals surface area contributed by atoms with Crippen molar-refractivity contribution in [3.63, 3.8) is 0 Å². The van der Waals surface area contributed by atoms with Crippen molar-refractivity contribution in [2.45, 2.75) is 20.4 Å². The summed E-state index contributed by atoms with van der Waals surface area (Å²) in [7, 11) is 0. The van der Waals surface area contributed by atoms with Crippen LogP contribution in [0.3, 0.4) is 0 Å². The first-order chi connectivity index (χ1) is 11.3. The van der Waals surface area contributed by atoms with Gasteiger partial charge in [0.05, 0.1) is 0 Å². The van der Waals surface area contributed by atoms with Crippen molar-refractivity contribution >= 4 is 17.5 Å². The average molecular weight is 333 g/mol. The number of hydrogen-bond acceptors (Lipinski definition) is 3. The molecule has 126 valence electrons. The third-order valence-electron chi connectivity index (χ3n) is 3.51. The lowest BCUT2D eigenvalue weighted by atomic mass is 9.90. The molecule has 2 N–H and O–H groups in total. The quantitative estimate of drug-likeness (QED) is 0.827. The van der Waals surface area contributed by atoms with Gasteiger partial charge in [-0.05, 0) is 37.6 Å². The second-order valence-electron chi connectivity index (χ2n) is 5.72. The molecule has 0 aliphatic rings. The van der Waals surface area contributed by atoms with Crippen LogP contribution in [-0.4, -0.2) is 16.8 Å². The summed E-state index contributed by atoms with van der Waals surface area (Å²) in [5.74, 6) is -3.19. The number of rotatable bonds is 5. The number of benzene rings is 1. The molecule has 24 heavy (non-hydrogen) atoms. The Bertz CT molecular complexity index is 729. The number of halogens is 2. The molecule has 2 amide bonds. The van der Waals surface area contributed by atoms with Crippen LogP contribution in [0.5, 0.6) is 0 Å². The molecule has 0 fully saturated rings. The van der Waals surface area contributed by atoms with Crippen LogP contribution in [-0.2, 0) is 16.1 Å². The molecule has 1 heterocycles. The van der Waals surface area contributed by atoms with E-state index in [1.54, 1.807) is 24.5 Å². The van der Waals surface area contributed by atoms with Gasteiger partial charge in [0, 0.05) is 18.9 Å². The highest BCUT2D eigenvalue weighted by molar-refractivity contribution is 6.09. The van der Waals surface area contributed by atoms with E-state index in [0.717, 1.165) is 17.7 Å². The normalized spacial score (nSPS) is 11.0. The summed E-state index contributed by atoms with van der Waals surface area (Å²) in [6.07, 6.45) is 3.19. The summed E-state index contributed by atoms with van der Waals surface area (Å²) in [6.45, 7) is 2.94. The van der Waals surface area contributed by atoms with E-state index in [0.29, 0.717) is 0 Å². The number of carbonyl (C=O) groups excluding carboxylic acids is 2. The third kappa shape index (κ3) is 3.92. The minimum Gasteiger partial charge on any atom is -0.351 e. The molecule has 0 spiro atoms. The molecule has 7 heteroatoms. The zero-order chi connectivity index (χ0) is 17.7. The van der Waals surface area contributed by atoms with Crippen LogP contribution in [0.4, 0.5) is 14.5 Å². The first kappa shape index (κ1) is 17.5. The predicted molar refractivity (Wildman–Crippen MR) is 84.9 cm³/mol. The first-order valence-electron chi connectivity index (χ1n) is 7.25. The summed E-state index contributed by atoms with van der Waals surface area (Å²) >= 11 is 0. The van der Waals surface area contributed by atoms with E-state index < -0.39 is 34.6 Å². The van der Waals surface area contributed by atoms with Crippen molar-refractivity contribution in [2.75, 3.05) is 5.32 Å². The molecule has 0 bridgehead atoms. The molecule has 2 aromatic rings. The van der Waals surface area contributed by atoms with Crippen LogP contribution in [0.1, 0.15) is 19.4 Å². The number of amides is 2. The summed E-state index contributed by atoms with van der Waals surface area (Å²) < 4.78 is 27.2. The Labute approximate surface area is 138 Å². The van der Waals surface area contributed by atoms with E-state index in [1.807, 2.05) is 0 Å². The maximum Gasteiger partial charge on any atom is 0.239 e. The number of carbonyl (C=O) groups is 2. The highest BCUT2D eigenvalue weighted by Crippen LogP contribution is 2.23. The highest BCUT2D eigenvalue weighted by Gasteiger charge is 2.36. The number of pyridine rings is 1. The van der Waals surface area contributed by atoms with E-state index in [4.69, 9.17) is 0 Å². The molecular formula is C17H17F2N3O2. The van der Waals surface area contributed by atoms with Crippen LogP contribution < -0.4 is 10.6 Å². The zero-order valence-electron chi connectivity index (χ0n) is 13.3. The second kappa shape index (κ2) is 7.16. The minimum absolute atomic E-state index is 0.192. The monoisotopic (exact) mass is 333 g/mol. The van der Waals surface area contributed by atoms with Crippen LogP contribution in [0.25, 0.3) is 0 Å². The number of para-hydroxylation sites is 1. The number of nitrogens with zero attached hydrogens (tertiary/aromatic N) is 1. The Morgan fingerprint density at radius 1 is 1.08 bits per heavy atom. The molecular weight excluding hydrogens is 316 g/mol. The number of hydrogen-bond donors (Lipinski definition) is 2. The Morgan fingerprint density at radius 3 is 2.33 bits per heavy atom. The Morgan fingerprint density at radius 2 is 1.75 bits per heavy atom. The Hall–Kier alpha value is -2.83. The van der Waals surface area contributed by atoms with Gasteiger partial charge in [-0.2, -0.15) is 0 Å². The summed E-state index contributed by atoms with van der Waals surface area (Å²) in [5.41, 5.74) is -1.32. The van der Waals surface area contributed by atoms with Gasteiger partial charge in [0.1, 0.15) is 22.7 Å². The molecule has 0 atom stereocenters. The first-order valence-corrected chi connectivity index (χ1v) is 7.25. The van der Waals surface area contributed by atoms with Gasteiger partial charge in [0.25, 0.3) is 0 Å². The zero-order valence-corrected chi connectivity index (χ0v) is 13.3. The van der Waals surface area contributed by atoms with Crippen molar-refractivity contribution in [3.8, 4) is 0 Å². The highest BCUT2D eigenvalue weighted by atomic mass is 19.1. The lowest BCUT2D eigenvalue weighted by Gasteiger charge is -2.23. The smallest absolute Gasteiger partial charge is 0.239 e. The Kier molecular flexibility index (Phi) is 5.23. The number of nitrogens with one attached hydrogen (secondary N) is 2. The molecule has 2 rings (SSSR count).